The maximum Gasteiger partial charge on any atom is 0.416 e. The summed E-state index contributed by atoms with van der Waals surface area (Å²) in [5.74, 6) is 0.686. The summed E-state index contributed by atoms with van der Waals surface area (Å²) in [7, 11) is 0. The van der Waals surface area contributed by atoms with Gasteiger partial charge >= 0.3 is 6.18 Å². The van der Waals surface area contributed by atoms with Crippen LogP contribution in [-0.4, -0.2) is 58.2 Å². The molecule has 1 aliphatic heterocycles. The van der Waals surface area contributed by atoms with E-state index in [9.17, 15) is 18.0 Å². The molecule has 1 N–H and O–H groups in total. The number of hydrogen-bond donors (Lipinski definition) is 1. The molecule has 1 aliphatic carbocycles. The number of piperazine rings is 1. The summed E-state index contributed by atoms with van der Waals surface area (Å²) in [6, 6.07) is 7.69. The van der Waals surface area contributed by atoms with Gasteiger partial charge in [-0.05, 0) is 24.5 Å². The Morgan fingerprint density at radius 2 is 1.77 bits per heavy atom. The lowest BCUT2D eigenvalue weighted by Crippen LogP contribution is -2.48. The number of rotatable bonds is 6. The molecule has 2 fully saturated rings. The molecule has 0 unspecified atom stereocenters. The molecule has 9 heteroatoms. The summed E-state index contributed by atoms with van der Waals surface area (Å²) in [5, 5.41) is 7.37. The summed E-state index contributed by atoms with van der Waals surface area (Å²) < 4.78 is 40.6. The molecular weight excluding hydrogens is 407 g/mol. The van der Waals surface area contributed by atoms with Crippen molar-refractivity contribution in [2.45, 2.75) is 44.4 Å². The summed E-state index contributed by atoms with van der Waals surface area (Å²) in [4.78, 5) is 16.7. The number of anilines is 1. The zero-order chi connectivity index (χ0) is 21.8. The summed E-state index contributed by atoms with van der Waals surface area (Å²) in [6.45, 7) is 3.60. The van der Waals surface area contributed by atoms with E-state index in [4.69, 9.17) is 0 Å². The third kappa shape index (κ3) is 5.65. The summed E-state index contributed by atoms with van der Waals surface area (Å²) in [5.41, 5.74) is 0.0401. The number of hydrogen-bond acceptors (Lipinski definition) is 4. The number of alkyl halides is 3. The van der Waals surface area contributed by atoms with Crippen molar-refractivity contribution in [1.29, 1.82) is 0 Å². The van der Waals surface area contributed by atoms with E-state index in [0.29, 0.717) is 50.9 Å². The third-order valence-corrected chi connectivity index (χ3v) is 6.10. The Hall–Kier alpha value is -2.39. The molecule has 4 rings (SSSR count). The number of halogens is 3. The van der Waals surface area contributed by atoms with Crippen LogP contribution in [0.4, 0.5) is 19.0 Å². The molecular formula is C22H28F3N5O. The minimum Gasteiger partial charge on any atom is -0.310 e. The Morgan fingerprint density at radius 3 is 2.48 bits per heavy atom. The standard InChI is InChI=1S/C22H28F3N5O/c23-22(24,25)18-5-3-4-17(14-18)15-28-10-12-29(13-11-28)16-21(31)27-20-8-9-26-30(20)19-6-1-2-7-19/h3-5,8-9,14,19H,1-2,6-7,10-13,15-16H2,(H,27,31). The van der Waals surface area contributed by atoms with E-state index in [1.807, 2.05) is 10.7 Å². The van der Waals surface area contributed by atoms with Crippen molar-refractivity contribution >= 4 is 11.7 Å². The zero-order valence-electron chi connectivity index (χ0n) is 17.4. The van der Waals surface area contributed by atoms with Crippen molar-refractivity contribution in [3.05, 3.63) is 47.7 Å². The smallest absolute Gasteiger partial charge is 0.310 e. The first-order chi connectivity index (χ1) is 14.9. The molecule has 0 bridgehead atoms. The highest BCUT2D eigenvalue weighted by Gasteiger charge is 2.30. The molecule has 1 saturated carbocycles. The first-order valence-corrected chi connectivity index (χ1v) is 10.8. The van der Waals surface area contributed by atoms with Gasteiger partial charge in [-0.15, -0.1) is 0 Å². The Balaban J connectivity index is 1.24. The number of carbonyl (C=O) groups is 1. The first kappa shape index (κ1) is 21.8. The maximum atomic E-state index is 12.9. The average molecular weight is 435 g/mol. The quantitative estimate of drug-likeness (QED) is 0.751. The molecule has 0 radical (unpaired) electrons. The number of carbonyl (C=O) groups excluding carboxylic acids is 1. The van der Waals surface area contributed by atoms with Gasteiger partial charge in [0.05, 0.1) is 24.3 Å². The monoisotopic (exact) mass is 435 g/mol. The molecule has 0 atom stereocenters. The second-order valence-corrected chi connectivity index (χ2v) is 8.40. The van der Waals surface area contributed by atoms with Gasteiger partial charge in [0.15, 0.2) is 0 Å². The number of nitrogens with one attached hydrogen (secondary N) is 1. The van der Waals surface area contributed by atoms with Gasteiger partial charge in [-0.2, -0.15) is 18.3 Å². The zero-order valence-corrected chi connectivity index (χ0v) is 17.4. The van der Waals surface area contributed by atoms with Crippen LogP contribution in [0.2, 0.25) is 0 Å². The van der Waals surface area contributed by atoms with Crippen LogP contribution in [0.1, 0.15) is 42.9 Å². The van der Waals surface area contributed by atoms with Crippen LogP contribution in [0.15, 0.2) is 36.5 Å². The van der Waals surface area contributed by atoms with E-state index >= 15 is 0 Å². The predicted octanol–water partition coefficient (Wildman–Crippen LogP) is 3.77. The van der Waals surface area contributed by atoms with E-state index in [1.165, 1.54) is 25.0 Å². The predicted molar refractivity (Wildman–Crippen MR) is 112 cm³/mol. The van der Waals surface area contributed by atoms with Crippen molar-refractivity contribution in [3.63, 3.8) is 0 Å². The minimum atomic E-state index is -4.32. The molecule has 168 valence electrons. The molecule has 2 aliphatic rings. The van der Waals surface area contributed by atoms with Crippen LogP contribution >= 0.6 is 0 Å². The van der Waals surface area contributed by atoms with Crippen molar-refractivity contribution in [2.75, 3.05) is 38.0 Å². The van der Waals surface area contributed by atoms with Gasteiger partial charge in [0.1, 0.15) is 5.82 Å². The van der Waals surface area contributed by atoms with Crippen LogP contribution in [0.25, 0.3) is 0 Å². The van der Waals surface area contributed by atoms with E-state index in [2.05, 4.69) is 20.2 Å². The van der Waals surface area contributed by atoms with Crippen molar-refractivity contribution in [3.8, 4) is 0 Å². The molecule has 1 aromatic heterocycles. The van der Waals surface area contributed by atoms with E-state index in [1.54, 1.807) is 12.3 Å². The molecule has 2 heterocycles. The van der Waals surface area contributed by atoms with Gasteiger partial charge in [0.25, 0.3) is 0 Å². The summed E-state index contributed by atoms with van der Waals surface area (Å²) in [6.07, 6.45) is 1.98. The van der Waals surface area contributed by atoms with Crippen molar-refractivity contribution < 1.29 is 18.0 Å². The second kappa shape index (κ2) is 9.40. The molecule has 0 spiro atoms. The number of amides is 1. The van der Waals surface area contributed by atoms with Gasteiger partial charge in [0, 0.05) is 38.8 Å². The largest absolute Gasteiger partial charge is 0.416 e. The Kier molecular flexibility index (Phi) is 6.62. The molecule has 31 heavy (non-hydrogen) atoms. The fourth-order valence-electron chi connectivity index (χ4n) is 4.45. The van der Waals surface area contributed by atoms with Gasteiger partial charge in [-0.3, -0.25) is 14.6 Å². The highest BCUT2D eigenvalue weighted by atomic mass is 19.4. The summed E-state index contributed by atoms with van der Waals surface area (Å²) >= 11 is 0. The number of nitrogens with zero attached hydrogens (tertiary/aromatic N) is 4. The second-order valence-electron chi connectivity index (χ2n) is 8.40. The Bertz CT molecular complexity index is 883. The van der Waals surface area contributed by atoms with E-state index in [0.717, 1.165) is 24.7 Å². The van der Waals surface area contributed by atoms with Gasteiger partial charge in [0.2, 0.25) is 5.91 Å². The lowest BCUT2D eigenvalue weighted by molar-refractivity contribution is -0.137. The van der Waals surface area contributed by atoms with E-state index < -0.39 is 11.7 Å². The maximum absolute atomic E-state index is 12.9. The van der Waals surface area contributed by atoms with Crippen molar-refractivity contribution in [1.82, 2.24) is 19.6 Å². The Labute approximate surface area is 180 Å². The first-order valence-electron chi connectivity index (χ1n) is 10.8. The number of aromatic nitrogens is 2. The fourth-order valence-corrected chi connectivity index (χ4v) is 4.45. The average Bonchev–Trinajstić information content (AvgIpc) is 3.41. The molecule has 1 amide bonds. The van der Waals surface area contributed by atoms with Gasteiger partial charge < -0.3 is 5.32 Å². The number of benzene rings is 1. The normalized spacial score (nSPS) is 19.1. The highest BCUT2D eigenvalue weighted by molar-refractivity contribution is 5.91. The molecule has 6 nitrogen and oxygen atoms in total. The fraction of sp³-hybridized carbons (Fsp3) is 0.545. The SMILES string of the molecule is O=C(CN1CCN(Cc2cccc(C(F)(F)F)c2)CC1)Nc1ccnn1C1CCCC1. The van der Waals surface area contributed by atoms with Crippen LogP contribution in [-0.2, 0) is 17.5 Å². The van der Waals surface area contributed by atoms with Gasteiger partial charge in [-0.25, -0.2) is 4.68 Å². The molecule has 2 aromatic rings. The van der Waals surface area contributed by atoms with Crippen LogP contribution in [0, 0.1) is 0 Å². The lowest BCUT2D eigenvalue weighted by atomic mass is 10.1. The van der Waals surface area contributed by atoms with Crippen LogP contribution in [0.3, 0.4) is 0 Å². The molecule has 1 aromatic carbocycles. The topological polar surface area (TPSA) is 53.4 Å². The minimum absolute atomic E-state index is 0.0638. The lowest BCUT2D eigenvalue weighted by Gasteiger charge is -2.34. The van der Waals surface area contributed by atoms with Crippen molar-refractivity contribution in [2.24, 2.45) is 0 Å². The van der Waals surface area contributed by atoms with Gasteiger partial charge in [-0.1, -0.05) is 31.0 Å². The van der Waals surface area contributed by atoms with Crippen LogP contribution in [0.5, 0.6) is 0 Å². The Morgan fingerprint density at radius 1 is 1.06 bits per heavy atom. The highest BCUT2D eigenvalue weighted by Crippen LogP contribution is 2.31. The molecule has 1 saturated heterocycles. The van der Waals surface area contributed by atoms with Crippen LogP contribution < -0.4 is 5.32 Å². The third-order valence-electron chi connectivity index (χ3n) is 6.10. The van der Waals surface area contributed by atoms with E-state index in [-0.39, 0.29) is 5.91 Å².